The first kappa shape index (κ1) is 14.2. The van der Waals surface area contributed by atoms with Crippen molar-refractivity contribution in [3.8, 4) is 5.88 Å². The second kappa shape index (κ2) is 7.45. The van der Waals surface area contributed by atoms with Gasteiger partial charge >= 0.3 is 0 Å². The Morgan fingerprint density at radius 3 is 2.71 bits per heavy atom. The maximum absolute atomic E-state index is 6.01. The minimum atomic E-state index is 0.211. The Hall–Kier alpha value is -0.870. The van der Waals surface area contributed by atoms with Crippen molar-refractivity contribution >= 4 is 11.6 Å². The van der Waals surface area contributed by atoms with Gasteiger partial charge in [0.05, 0.1) is 18.3 Å². The first-order valence-corrected chi connectivity index (χ1v) is 6.26. The normalized spacial score (nSPS) is 10.9. The van der Waals surface area contributed by atoms with Gasteiger partial charge in [0.15, 0.2) is 0 Å². The van der Waals surface area contributed by atoms with E-state index in [9.17, 15) is 0 Å². The van der Waals surface area contributed by atoms with Crippen LogP contribution >= 0.6 is 11.6 Å². The van der Waals surface area contributed by atoms with E-state index in [2.05, 4.69) is 16.9 Å². The monoisotopic (exact) mass is 258 g/mol. The summed E-state index contributed by atoms with van der Waals surface area (Å²) in [5.74, 6) is 0.569. The molecule has 4 nitrogen and oxygen atoms in total. The fourth-order valence-electron chi connectivity index (χ4n) is 1.38. The number of nitrogens with zero attached hydrogens (tertiary/aromatic N) is 2. The summed E-state index contributed by atoms with van der Waals surface area (Å²) in [6, 6.07) is 0. The molecule has 0 unspecified atom stereocenters. The summed E-state index contributed by atoms with van der Waals surface area (Å²) in [4.78, 5) is 8.06. The Balaban J connectivity index is 2.54. The molecule has 1 heterocycles. The van der Waals surface area contributed by atoms with Crippen molar-refractivity contribution < 1.29 is 9.47 Å². The lowest BCUT2D eigenvalue weighted by molar-refractivity contribution is 0.0540. The smallest absolute Gasteiger partial charge is 0.221 e. The molecule has 0 radical (unpaired) electrons. The zero-order chi connectivity index (χ0) is 12.7. The predicted octanol–water partition coefficient (Wildman–Crippen LogP) is 2.89. The molecule has 0 fully saturated rings. The highest BCUT2D eigenvalue weighted by Gasteiger charge is 2.10. The molecule has 0 aliphatic carbocycles. The molecule has 0 aliphatic heterocycles. The van der Waals surface area contributed by atoms with Gasteiger partial charge in [0, 0.05) is 0 Å². The molecule has 0 saturated carbocycles. The quantitative estimate of drug-likeness (QED) is 0.557. The Morgan fingerprint density at radius 2 is 2.06 bits per heavy atom. The summed E-state index contributed by atoms with van der Waals surface area (Å²) < 4.78 is 11.0. The second-order valence-corrected chi connectivity index (χ2v) is 4.32. The lowest BCUT2D eigenvalue weighted by Crippen LogP contribution is -2.13. The zero-order valence-corrected chi connectivity index (χ0v) is 11.3. The van der Waals surface area contributed by atoms with E-state index >= 15 is 0 Å². The molecule has 1 rings (SSSR count). The van der Waals surface area contributed by atoms with Crippen LogP contribution in [0.25, 0.3) is 0 Å². The number of hydrogen-bond donors (Lipinski definition) is 0. The summed E-state index contributed by atoms with van der Waals surface area (Å²) in [6.07, 6.45) is 3.43. The molecular weight excluding hydrogens is 240 g/mol. The van der Waals surface area contributed by atoms with Crippen molar-refractivity contribution in [1.82, 2.24) is 9.97 Å². The average Bonchev–Trinajstić information content (AvgIpc) is 2.28. The van der Waals surface area contributed by atoms with E-state index in [1.165, 1.54) is 6.33 Å². The molecule has 17 heavy (non-hydrogen) atoms. The van der Waals surface area contributed by atoms with Crippen molar-refractivity contribution in [2.45, 2.75) is 39.7 Å². The van der Waals surface area contributed by atoms with E-state index in [-0.39, 0.29) is 6.10 Å². The number of aromatic nitrogens is 2. The van der Waals surface area contributed by atoms with Crippen LogP contribution in [0.15, 0.2) is 6.33 Å². The van der Waals surface area contributed by atoms with Gasteiger partial charge in [-0.3, -0.25) is 0 Å². The van der Waals surface area contributed by atoms with E-state index in [0.717, 1.165) is 18.4 Å². The molecule has 0 N–H and O–H groups in total. The summed E-state index contributed by atoms with van der Waals surface area (Å²) in [5.41, 5.74) is 0.876. The minimum Gasteiger partial charge on any atom is -0.475 e. The summed E-state index contributed by atoms with van der Waals surface area (Å²) in [7, 11) is 0. The van der Waals surface area contributed by atoms with Crippen molar-refractivity contribution in [2.24, 2.45) is 0 Å². The molecule has 0 saturated heterocycles. The standard InChI is InChI=1S/C12H19ClN2O2/c1-4-5-10-11(13)14-8-15-12(10)17-7-6-16-9(2)3/h8-9H,4-7H2,1-3H3. The van der Waals surface area contributed by atoms with Crippen LogP contribution in [-0.4, -0.2) is 29.3 Å². The minimum absolute atomic E-state index is 0.211. The maximum Gasteiger partial charge on any atom is 0.221 e. The first-order chi connectivity index (χ1) is 8.15. The average molecular weight is 259 g/mol. The van der Waals surface area contributed by atoms with E-state index in [4.69, 9.17) is 21.1 Å². The molecule has 1 aromatic heterocycles. The number of hydrogen-bond acceptors (Lipinski definition) is 4. The van der Waals surface area contributed by atoms with E-state index < -0.39 is 0 Å². The Morgan fingerprint density at radius 1 is 1.29 bits per heavy atom. The van der Waals surface area contributed by atoms with Crippen LogP contribution in [0.5, 0.6) is 5.88 Å². The predicted molar refractivity (Wildman–Crippen MR) is 67.6 cm³/mol. The first-order valence-electron chi connectivity index (χ1n) is 5.89. The number of rotatable bonds is 7. The van der Waals surface area contributed by atoms with Gasteiger partial charge in [-0.2, -0.15) is 0 Å². The van der Waals surface area contributed by atoms with Crippen molar-refractivity contribution in [1.29, 1.82) is 0 Å². The molecule has 5 heteroatoms. The Labute approximate surface area is 107 Å². The summed E-state index contributed by atoms with van der Waals surface area (Å²) >= 11 is 6.01. The van der Waals surface area contributed by atoms with E-state index in [1.807, 2.05) is 13.8 Å². The maximum atomic E-state index is 6.01. The van der Waals surface area contributed by atoms with Crippen LogP contribution in [0.4, 0.5) is 0 Å². The third-order valence-electron chi connectivity index (χ3n) is 2.13. The highest BCUT2D eigenvalue weighted by Crippen LogP contribution is 2.23. The van der Waals surface area contributed by atoms with Crippen LogP contribution in [-0.2, 0) is 11.2 Å². The molecule has 0 spiro atoms. The van der Waals surface area contributed by atoms with Gasteiger partial charge in [0.25, 0.3) is 0 Å². The molecule has 0 amide bonds. The third-order valence-corrected chi connectivity index (χ3v) is 2.45. The fourth-order valence-corrected chi connectivity index (χ4v) is 1.60. The summed E-state index contributed by atoms with van der Waals surface area (Å²) in [5, 5.41) is 0.474. The molecule has 0 aliphatic rings. The van der Waals surface area contributed by atoms with Gasteiger partial charge in [0.2, 0.25) is 5.88 Å². The second-order valence-electron chi connectivity index (χ2n) is 3.97. The van der Waals surface area contributed by atoms with Crippen LogP contribution in [0.3, 0.4) is 0 Å². The highest BCUT2D eigenvalue weighted by atomic mass is 35.5. The van der Waals surface area contributed by atoms with E-state index in [1.54, 1.807) is 0 Å². The van der Waals surface area contributed by atoms with Gasteiger partial charge < -0.3 is 9.47 Å². The topological polar surface area (TPSA) is 44.2 Å². The van der Waals surface area contributed by atoms with E-state index in [0.29, 0.717) is 24.2 Å². The zero-order valence-electron chi connectivity index (χ0n) is 10.6. The van der Waals surface area contributed by atoms with Crippen LogP contribution < -0.4 is 4.74 Å². The van der Waals surface area contributed by atoms with Crippen molar-refractivity contribution in [3.63, 3.8) is 0 Å². The molecule has 0 aromatic carbocycles. The van der Waals surface area contributed by atoms with Gasteiger partial charge in [0.1, 0.15) is 18.1 Å². The summed E-state index contributed by atoms with van der Waals surface area (Å²) in [6.45, 7) is 7.08. The lowest BCUT2D eigenvalue weighted by atomic mass is 10.2. The Bertz CT molecular complexity index is 345. The number of ether oxygens (including phenoxy) is 2. The Kier molecular flexibility index (Phi) is 6.22. The van der Waals surface area contributed by atoms with Crippen molar-refractivity contribution in [2.75, 3.05) is 13.2 Å². The van der Waals surface area contributed by atoms with Gasteiger partial charge in [-0.25, -0.2) is 9.97 Å². The molecule has 0 atom stereocenters. The van der Waals surface area contributed by atoms with Gasteiger partial charge in [-0.05, 0) is 20.3 Å². The molecule has 0 bridgehead atoms. The highest BCUT2D eigenvalue weighted by molar-refractivity contribution is 6.30. The lowest BCUT2D eigenvalue weighted by Gasteiger charge is -2.11. The fraction of sp³-hybridized carbons (Fsp3) is 0.667. The van der Waals surface area contributed by atoms with Gasteiger partial charge in [-0.1, -0.05) is 24.9 Å². The van der Waals surface area contributed by atoms with Crippen LogP contribution in [0.2, 0.25) is 5.15 Å². The molecule has 96 valence electrons. The van der Waals surface area contributed by atoms with Crippen molar-refractivity contribution in [3.05, 3.63) is 17.0 Å². The third kappa shape index (κ3) is 4.88. The molecular formula is C12H19ClN2O2. The largest absolute Gasteiger partial charge is 0.475 e. The van der Waals surface area contributed by atoms with Crippen LogP contribution in [0, 0.1) is 0 Å². The number of halogens is 1. The SMILES string of the molecule is CCCc1c(Cl)ncnc1OCCOC(C)C. The van der Waals surface area contributed by atoms with Gasteiger partial charge in [-0.15, -0.1) is 0 Å². The molecule has 1 aromatic rings. The van der Waals surface area contributed by atoms with Crippen LogP contribution in [0.1, 0.15) is 32.8 Å².